The second kappa shape index (κ2) is 5.51. The lowest BCUT2D eigenvalue weighted by Crippen LogP contribution is -2.17. The van der Waals surface area contributed by atoms with Crippen molar-refractivity contribution in [3.63, 3.8) is 0 Å². The highest BCUT2D eigenvalue weighted by Gasteiger charge is 2.20. The minimum Gasteiger partial charge on any atom is -0.369 e. The molecule has 1 aliphatic rings. The fraction of sp³-hybridized carbons (Fsp3) is 0.417. The number of thioether (sulfide) groups is 1. The molecule has 3 N–H and O–H groups in total. The number of rotatable bonds is 6. The van der Waals surface area contributed by atoms with Gasteiger partial charge in [0.1, 0.15) is 5.82 Å². The van der Waals surface area contributed by atoms with Crippen LogP contribution in [0.25, 0.3) is 0 Å². The van der Waals surface area contributed by atoms with Crippen molar-refractivity contribution in [2.45, 2.75) is 30.3 Å². The maximum absolute atomic E-state index is 13.2. The molecule has 1 aromatic carbocycles. The molecule has 1 fully saturated rings. The van der Waals surface area contributed by atoms with E-state index in [1.165, 1.54) is 36.7 Å². The number of halogens is 1. The third kappa shape index (κ3) is 4.02. The highest BCUT2D eigenvalue weighted by molar-refractivity contribution is 8.00. The Morgan fingerprint density at radius 3 is 2.94 bits per heavy atom. The maximum atomic E-state index is 13.2. The average molecular weight is 254 g/mol. The molecule has 5 heteroatoms. The van der Waals surface area contributed by atoms with Crippen molar-refractivity contribution in [1.29, 1.82) is 0 Å². The quantitative estimate of drug-likeness (QED) is 0.759. The van der Waals surface area contributed by atoms with Gasteiger partial charge in [-0.1, -0.05) is 0 Å². The molecule has 1 amide bonds. The highest BCUT2D eigenvalue weighted by atomic mass is 32.2. The van der Waals surface area contributed by atoms with Crippen LogP contribution in [0, 0.1) is 5.82 Å². The minimum atomic E-state index is -0.361. The lowest BCUT2D eigenvalue weighted by atomic mass is 10.2. The number of carbonyl (C=O) groups excluding carboxylic acids is 1. The first kappa shape index (κ1) is 12.4. The van der Waals surface area contributed by atoms with Crippen LogP contribution in [0.3, 0.4) is 0 Å². The lowest BCUT2D eigenvalue weighted by Gasteiger charge is -2.09. The zero-order chi connectivity index (χ0) is 12.3. The summed E-state index contributed by atoms with van der Waals surface area (Å²) in [6.07, 6.45) is 2.39. The predicted octanol–water partition coefficient (Wildman–Crippen LogP) is 1.66. The Labute approximate surface area is 104 Å². The molecule has 0 unspecified atom stereocenters. The first-order chi connectivity index (χ1) is 8.15. The highest BCUT2D eigenvalue weighted by Crippen LogP contribution is 2.25. The molecule has 3 nitrogen and oxygen atoms in total. The van der Waals surface area contributed by atoms with E-state index in [-0.39, 0.29) is 17.5 Å². The maximum Gasteiger partial charge on any atom is 0.227 e. The van der Waals surface area contributed by atoms with Gasteiger partial charge in [0.05, 0.1) is 5.75 Å². The van der Waals surface area contributed by atoms with E-state index in [2.05, 4.69) is 5.32 Å². The number of hydrogen-bond donors (Lipinski definition) is 2. The normalized spacial score (nSPS) is 14.9. The molecule has 2 rings (SSSR count). The monoisotopic (exact) mass is 254 g/mol. The number of nitrogens with one attached hydrogen (secondary N) is 1. The summed E-state index contributed by atoms with van der Waals surface area (Å²) in [5.74, 6) is -0.386. The van der Waals surface area contributed by atoms with Gasteiger partial charge in [-0.25, -0.2) is 4.39 Å². The fourth-order valence-corrected chi connectivity index (χ4v) is 2.30. The molecule has 0 radical (unpaired) electrons. The molecule has 1 aliphatic carbocycles. The van der Waals surface area contributed by atoms with Gasteiger partial charge in [0, 0.05) is 17.5 Å². The molecule has 0 aromatic heterocycles. The van der Waals surface area contributed by atoms with E-state index in [4.69, 9.17) is 5.73 Å². The molecule has 0 atom stereocenters. The summed E-state index contributed by atoms with van der Waals surface area (Å²) < 4.78 is 13.2. The van der Waals surface area contributed by atoms with Gasteiger partial charge >= 0.3 is 0 Å². The van der Waals surface area contributed by atoms with E-state index < -0.39 is 0 Å². The number of primary amides is 1. The molecule has 0 spiro atoms. The molecular weight excluding hydrogens is 239 g/mol. The number of benzene rings is 1. The number of carbonyl (C=O) groups is 1. The second-order valence-corrected chi connectivity index (χ2v) is 5.18. The Morgan fingerprint density at radius 1 is 1.53 bits per heavy atom. The minimum absolute atomic E-state index is 0.224. The summed E-state index contributed by atoms with van der Waals surface area (Å²) in [6.45, 7) is 0.642. The molecule has 1 aromatic rings. The Kier molecular flexibility index (Phi) is 4.02. The van der Waals surface area contributed by atoms with Crippen LogP contribution in [-0.4, -0.2) is 17.7 Å². The van der Waals surface area contributed by atoms with Crippen molar-refractivity contribution in [3.05, 3.63) is 29.6 Å². The molecule has 0 saturated heterocycles. The molecule has 17 heavy (non-hydrogen) atoms. The van der Waals surface area contributed by atoms with Gasteiger partial charge in [-0.2, -0.15) is 0 Å². The summed E-state index contributed by atoms with van der Waals surface area (Å²) in [7, 11) is 0. The van der Waals surface area contributed by atoms with E-state index in [0.717, 1.165) is 10.5 Å². The molecule has 1 saturated carbocycles. The zero-order valence-electron chi connectivity index (χ0n) is 9.41. The van der Waals surface area contributed by atoms with Gasteiger partial charge in [-0.15, -0.1) is 11.8 Å². The van der Waals surface area contributed by atoms with E-state index in [9.17, 15) is 9.18 Å². The Morgan fingerprint density at radius 2 is 2.29 bits per heavy atom. The van der Waals surface area contributed by atoms with Gasteiger partial charge in [0.15, 0.2) is 0 Å². The van der Waals surface area contributed by atoms with Crippen molar-refractivity contribution in [2.24, 2.45) is 5.73 Å². The third-order valence-corrected chi connectivity index (χ3v) is 3.69. The van der Waals surface area contributed by atoms with Crippen molar-refractivity contribution < 1.29 is 9.18 Å². The van der Waals surface area contributed by atoms with E-state index >= 15 is 0 Å². The topological polar surface area (TPSA) is 55.1 Å². The largest absolute Gasteiger partial charge is 0.369 e. The van der Waals surface area contributed by atoms with Crippen LogP contribution in [0.5, 0.6) is 0 Å². The van der Waals surface area contributed by atoms with Gasteiger partial charge in [0.2, 0.25) is 5.91 Å². The Hall–Kier alpha value is -1.07. The van der Waals surface area contributed by atoms with Crippen LogP contribution in [-0.2, 0) is 11.3 Å². The van der Waals surface area contributed by atoms with Gasteiger partial charge in [-0.05, 0) is 36.6 Å². The van der Waals surface area contributed by atoms with Crippen molar-refractivity contribution in [2.75, 3.05) is 5.75 Å². The van der Waals surface area contributed by atoms with Crippen LogP contribution < -0.4 is 11.1 Å². The van der Waals surface area contributed by atoms with Crippen LogP contribution in [0.2, 0.25) is 0 Å². The first-order valence-corrected chi connectivity index (χ1v) is 6.56. The molecule has 0 aliphatic heterocycles. The molecule has 0 bridgehead atoms. The number of hydrogen-bond acceptors (Lipinski definition) is 3. The van der Waals surface area contributed by atoms with E-state index in [1.807, 2.05) is 0 Å². The van der Waals surface area contributed by atoms with Crippen molar-refractivity contribution in [3.8, 4) is 0 Å². The Bertz CT molecular complexity index is 421. The molecule has 0 heterocycles. The number of nitrogens with two attached hydrogens (primary N) is 1. The van der Waals surface area contributed by atoms with E-state index in [1.54, 1.807) is 6.07 Å². The van der Waals surface area contributed by atoms with Gasteiger partial charge in [0.25, 0.3) is 0 Å². The summed E-state index contributed by atoms with van der Waals surface area (Å²) in [5, 5.41) is 3.33. The smallest absolute Gasteiger partial charge is 0.227 e. The zero-order valence-corrected chi connectivity index (χ0v) is 10.2. The lowest BCUT2D eigenvalue weighted by molar-refractivity contribution is -0.115. The van der Waals surface area contributed by atoms with Crippen LogP contribution in [0.15, 0.2) is 23.1 Å². The SMILES string of the molecule is NC(=O)CSc1ccc(F)cc1CNC1CC1. The predicted molar refractivity (Wildman–Crippen MR) is 66.2 cm³/mol. The van der Waals surface area contributed by atoms with Crippen molar-refractivity contribution in [1.82, 2.24) is 5.32 Å². The van der Waals surface area contributed by atoms with Gasteiger partial charge in [-0.3, -0.25) is 4.79 Å². The second-order valence-electron chi connectivity index (χ2n) is 4.16. The summed E-state index contributed by atoms with van der Waals surface area (Å²) in [5.41, 5.74) is 5.99. The van der Waals surface area contributed by atoms with E-state index in [0.29, 0.717) is 12.6 Å². The molecule has 92 valence electrons. The number of amides is 1. The van der Waals surface area contributed by atoms with Crippen molar-refractivity contribution >= 4 is 17.7 Å². The van der Waals surface area contributed by atoms with Crippen LogP contribution in [0.1, 0.15) is 18.4 Å². The first-order valence-electron chi connectivity index (χ1n) is 5.58. The molecular formula is C12H15FN2OS. The average Bonchev–Trinajstić information content (AvgIpc) is 3.08. The van der Waals surface area contributed by atoms with Crippen LogP contribution in [0.4, 0.5) is 4.39 Å². The standard InChI is InChI=1S/C12H15FN2OS/c13-9-1-4-11(17-7-12(14)16)8(5-9)6-15-10-2-3-10/h1,4-5,10,15H,2-3,6-7H2,(H2,14,16). The Balaban J connectivity index is 2.02. The summed E-state index contributed by atoms with van der Waals surface area (Å²) in [4.78, 5) is 11.7. The summed E-state index contributed by atoms with van der Waals surface area (Å²) >= 11 is 1.35. The van der Waals surface area contributed by atoms with Gasteiger partial charge < -0.3 is 11.1 Å². The fourth-order valence-electron chi connectivity index (χ4n) is 1.52. The third-order valence-electron chi connectivity index (χ3n) is 2.55. The summed E-state index contributed by atoms with van der Waals surface area (Å²) in [6, 6.07) is 5.20. The van der Waals surface area contributed by atoms with Crippen LogP contribution >= 0.6 is 11.8 Å².